The first-order valence-electron chi connectivity index (χ1n) is 8.93. The van der Waals surface area contributed by atoms with E-state index >= 15 is 0 Å². The molecule has 2 aliphatic rings. The predicted molar refractivity (Wildman–Crippen MR) is 93.7 cm³/mol. The zero-order valence-electron chi connectivity index (χ0n) is 14.3. The summed E-state index contributed by atoms with van der Waals surface area (Å²) in [6, 6.07) is 4.39. The van der Waals surface area contributed by atoms with E-state index in [4.69, 9.17) is 0 Å². The topological polar surface area (TPSA) is 71.0 Å². The third-order valence-electron chi connectivity index (χ3n) is 5.75. The first-order chi connectivity index (χ1) is 12.3. The summed E-state index contributed by atoms with van der Waals surface area (Å²) >= 11 is 0. The molecule has 1 amide bonds. The van der Waals surface area contributed by atoms with E-state index in [1.54, 1.807) is 12.4 Å². The molecule has 1 spiro atoms. The zero-order valence-corrected chi connectivity index (χ0v) is 14.3. The van der Waals surface area contributed by atoms with Gasteiger partial charge in [0.1, 0.15) is 5.69 Å². The number of hydrogen-bond donors (Lipinski definition) is 1. The fraction of sp³-hybridized carbons (Fsp3) is 0.474. The summed E-state index contributed by atoms with van der Waals surface area (Å²) in [4.78, 5) is 27.1. The van der Waals surface area contributed by atoms with E-state index in [0.29, 0.717) is 5.69 Å². The third kappa shape index (κ3) is 3.39. The zero-order chi connectivity index (χ0) is 17.1. The van der Waals surface area contributed by atoms with Crippen molar-refractivity contribution < 1.29 is 4.79 Å². The van der Waals surface area contributed by atoms with Crippen molar-refractivity contribution in [1.29, 1.82) is 0 Å². The van der Waals surface area contributed by atoms with E-state index in [9.17, 15) is 4.79 Å². The van der Waals surface area contributed by atoms with Crippen LogP contribution >= 0.6 is 0 Å². The van der Waals surface area contributed by atoms with Gasteiger partial charge in [0.05, 0.1) is 6.20 Å². The molecule has 1 aliphatic heterocycles. The van der Waals surface area contributed by atoms with Gasteiger partial charge in [-0.2, -0.15) is 0 Å². The predicted octanol–water partition coefficient (Wildman–Crippen LogP) is 2.05. The summed E-state index contributed by atoms with van der Waals surface area (Å²) in [6.45, 7) is 3.11. The van der Waals surface area contributed by atoms with Crippen LogP contribution in [0.25, 0.3) is 0 Å². The van der Waals surface area contributed by atoms with Crippen molar-refractivity contribution in [2.75, 3.05) is 13.1 Å². The van der Waals surface area contributed by atoms with Crippen molar-refractivity contribution in [1.82, 2.24) is 25.2 Å². The number of pyridine rings is 1. The monoisotopic (exact) mass is 337 g/mol. The summed E-state index contributed by atoms with van der Waals surface area (Å²) in [5, 5.41) is 3.19. The lowest BCUT2D eigenvalue weighted by atomic mass is 9.59. The second-order valence-electron chi connectivity index (χ2n) is 7.16. The molecule has 1 atom stereocenters. The summed E-state index contributed by atoms with van der Waals surface area (Å²) in [7, 11) is 0. The molecule has 1 saturated carbocycles. The molecule has 130 valence electrons. The van der Waals surface area contributed by atoms with Gasteiger partial charge in [-0.3, -0.25) is 19.7 Å². The van der Waals surface area contributed by atoms with E-state index in [1.807, 2.05) is 18.5 Å². The van der Waals surface area contributed by atoms with Crippen LogP contribution in [0.1, 0.15) is 41.7 Å². The Kier molecular flexibility index (Phi) is 4.44. The molecule has 0 radical (unpaired) electrons. The highest BCUT2D eigenvalue weighted by Gasteiger charge is 2.48. The molecule has 2 fully saturated rings. The average Bonchev–Trinajstić information content (AvgIpc) is 2.67. The molecule has 25 heavy (non-hydrogen) atoms. The molecule has 6 nitrogen and oxygen atoms in total. The van der Waals surface area contributed by atoms with Gasteiger partial charge in [0, 0.05) is 37.4 Å². The van der Waals surface area contributed by atoms with Crippen molar-refractivity contribution in [3.8, 4) is 0 Å². The van der Waals surface area contributed by atoms with Gasteiger partial charge in [-0.25, -0.2) is 4.98 Å². The van der Waals surface area contributed by atoms with Gasteiger partial charge in [0.15, 0.2) is 0 Å². The molecule has 6 heteroatoms. The molecule has 0 bridgehead atoms. The molecular weight excluding hydrogens is 314 g/mol. The fourth-order valence-electron chi connectivity index (χ4n) is 4.08. The molecule has 0 aromatic carbocycles. The fourth-order valence-corrected chi connectivity index (χ4v) is 4.08. The van der Waals surface area contributed by atoms with Crippen LogP contribution in [0.5, 0.6) is 0 Å². The molecule has 2 aromatic rings. The molecule has 1 aliphatic carbocycles. The van der Waals surface area contributed by atoms with Crippen molar-refractivity contribution in [3.63, 3.8) is 0 Å². The Labute approximate surface area is 147 Å². The minimum atomic E-state index is -0.102. The third-order valence-corrected chi connectivity index (χ3v) is 5.75. The average molecular weight is 337 g/mol. The standard InChI is InChI=1S/C19H23N5O/c25-18(16-13-21-8-9-22-16)23-17-3-4-19(17)5-10-24(11-6-19)14-15-2-1-7-20-12-15/h1-2,7-9,12-13,17H,3-6,10-11,14H2,(H,23,25)/t17-/m1/s1. The largest absolute Gasteiger partial charge is 0.347 e. The van der Waals surface area contributed by atoms with Crippen LogP contribution < -0.4 is 5.32 Å². The Morgan fingerprint density at radius 1 is 1.16 bits per heavy atom. The number of likely N-dealkylation sites (tertiary alicyclic amines) is 1. The van der Waals surface area contributed by atoms with Crippen LogP contribution in [0.4, 0.5) is 0 Å². The van der Waals surface area contributed by atoms with E-state index in [-0.39, 0.29) is 17.4 Å². The minimum Gasteiger partial charge on any atom is -0.347 e. The number of aromatic nitrogens is 3. The highest BCUT2D eigenvalue weighted by molar-refractivity contribution is 5.92. The van der Waals surface area contributed by atoms with Crippen LogP contribution in [0.3, 0.4) is 0 Å². The van der Waals surface area contributed by atoms with Gasteiger partial charge >= 0.3 is 0 Å². The summed E-state index contributed by atoms with van der Waals surface area (Å²) < 4.78 is 0. The highest BCUT2D eigenvalue weighted by atomic mass is 16.2. The van der Waals surface area contributed by atoms with Gasteiger partial charge in [0.2, 0.25) is 0 Å². The van der Waals surface area contributed by atoms with E-state index in [2.05, 4.69) is 31.2 Å². The Morgan fingerprint density at radius 3 is 2.64 bits per heavy atom. The van der Waals surface area contributed by atoms with Gasteiger partial charge in [-0.1, -0.05) is 6.07 Å². The van der Waals surface area contributed by atoms with Crippen molar-refractivity contribution in [2.45, 2.75) is 38.3 Å². The maximum absolute atomic E-state index is 12.3. The Morgan fingerprint density at radius 2 is 2.00 bits per heavy atom. The lowest BCUT2D eigenvalue weighted by Gasteiger charge is -2.54. The number of carbonyl (C=O) groups excluding carboxylic acids is 1. The number of piperidine rings is 1. The van der Waals surface area contributed by atoms with Crippen molar-refractivity contribution in [2.24, 2.45) is 5.41 Å². The number of hydrogen-bond acceptors (Lipinski definition) is 5. The first kappa shape index (κ1) is 16.1. The molecule has 0 unspecified atom stereocenters. The van der Waals surface area contributed by atoms with Gasteiger partial charge in [-0.15, -0.1) is 0 Å². The van der Waals surface area contributed by atoms with Crippen LogP contribution in [-0.4, -0.2) is 44.9 Å². The maximum atomic E-state index is 12.3. The van der Waals surface area contributed by atoms with E-state index in [0.717, 1.165) is 38.9 Å². The summed E-state index contributed by atoms with van der Waals surface area (Å²) in [5.41, 5.74) is 1.93. The smallest absolute Gasteiger partial charge is 0.271 e. The normalized spacial score (nSPS) is 22.3. The lowest BCUT2D eigenvalue weighted by molar-refractivity contribution is -0.00720. The van der Waals surface area contributed by atoms with Gasteiger partial charge in [0.25, 0.3) is 5.91 Å². The second-order valence-corrected chi connectivity index (χ2v) is 7.16. The molecule has 1 saturated heterocycles. The second kappa shape index (κ2) is 6.88. The van der Waals surface area contributed by atoms with Crippen molar-refractivity contribution in [3.05, 3.63) is 54.4 Å². The number of rotatable bonds is 4. The van der Waals surface area contributed by atoms with Crippen LogP contribution in [-0.2, 0) is 6.54 Å². The quantitative estimate of drug-likeness (QED) is 0.924. The number of amides is 1. The Hall–Kier alpha value is -2.34. The molecule has 1 N–H and O–H groups in total. The van der Waals surface area contributed by atoms with Gasteiger partial charge < -0.3 is 5.32 Å². The summed E-state index contributed by atoms with van der Waals surface area (Å²) in [6.07, 6.45) is 13.0. The molecular formula is C19H23N5O. The van der Waals surface area contributed by atoms with Crippen molar-refractivity contribution >= 4 is 5.91 Å². The van der Waals surface area contributed by atoms with Crippen LogP contribution in [0.15, 0.2) is 43.1 Å². The molecule has 4 rings (SSSR count). The summed E-state index contributed by atoms with van der Waals surface area (Å²) in [5.74, 6) is -0.102. The Bertz CT molecular complexity index is 713. The minimum absolute atomic E-state index is 0.102. The van der Waals surface area contributed by atoms with E-state index < -0.39 is 0 Å². The van der Waals surface area contributed by atoms with Crippen LogP contribution in [0, 0.1) is 5.41 Å². The first-order valence-corrected chi connectivity index (χ1v) is 8.93. The van der Waals surface area contributed by atoms with Gasteiger partial charge in [-0.05, 0) is 55.8 Å². The lowest BCUT2D eigenvalue weighted by Crippen LogP contribution is -2.59. The highest BCUT2D eigenvalue weighted by Crippen LogP contribution is 2.49. The molecule has 3 heterocycles. The Balaban J connectivity index is 1.32. The number of carbonyl (C=O) groups is 1. The van der Waals surface area contributed by atoms with Crippen LogP contribution in [0.2, 0.25) is 0 Å². The number of nitrogens with zero attached hydrogens (tertiary/aromatic N) is 4. The van der Waals surface area contributed by atoms with E-state index in [1.165, 1.54) is 18.2 Å². The SMILES string of the molecule is O=C(N[C@@H]1CCC12CCN(Cc1cccnc1)CC2)c1cnccn1. The molecule has 2 aromatic heterocycles. The maximum Gasteiger partial charge on any atom is 0.271 e. The number of nitrogens with one attached hydrogen (secondary N) is 1.